The maximum Gasteiger partial charge on any atom is 0.306 e. The zero-order valence-corrected chi connectivity index (χ0v) is 36.1. The van der Waals surface area contributed by atoms with Crippen LogP contribution in [0.4, 0.5) is 0 Å². The molecule has 9 heteroatoms. The molecule has 0 amide bonds. The molecule has 0 aliphatic rings. The monoisotopic (exact) mass is 770 g/mol. The van der Waals surface area contributed by atoms with E-state index in [0.29, 0.717) is 24.1 Å². The van der Waals surface area contributed by atoms with Crippen LogP contribution in [0.2, 0.25) is 0 Å². The van der Waals surface area contributed by atoms with Gasteiger partial charge in [0.2, 0.25) is 0 Å². The minimum atomic E-state index is -4.52. The Bertz CT molecular complexity index is 947. The van der Waals surface area contributed by atoms with Crippen molar-refractivity contribution in [2.24, 2.45) is 0 Å². The van der Waals surface area contributed by atoms with Gasteiger partial charge in [-0.3, -0.25) is 9.36 Å². The van der Waals surface area contributed by atoms with Gasteiger partial charge in [0.15, 0.2) is 0 Å². The number of esters is 1. The number of likely N-dealkylation sites (N-methyl/N-ethyl adjacent to an activating group) is 1. The highest BCUT2D eigenvalue weighted by Gasteiger charge is 2.20. The molecule has 0 saturated carbocycles. The molecule has 0 aromatic heterocycles. The van der Waals surface area contributed by atoms with E-state index in [0.717, 1.165) is 51.4 Å². The lowest BCUT2D eigenvalue weighted by Crippen LogP contribution is -2.37. The van der Waals surface area contributed by atoms with Gasteiger partial charge in [0.05, 0.1) is 34.4 Å². The molecule has 0 aliphatic carbocycles. The van der Waals surface area contributed by atoms with Crippen LogP contribution in [-0.4, -0.2) is 70.7 Å². The van der Waals surface area contributed by atoms with Crippen molar-refractivity contribution in [2.75, 3.05) is 54.1 Å². The van der Waals surface area contributed by atoms with Crippen LogP contribution in [0.25, 0.3) is 0 Å². The molecule has 0 spiro atoms. The quantitative estimate of drug-likeness (QED) is 0.0201. The van der Waals surface area contributed by atoms with Gasteiger partial charge in [-0.15, -0.1) is 0 Å². The molecule has 2 unspecified atom stereocenters. The number of quaternary nitrogens is 1. The van der Waals surface area contributed by atoms with Gasteiger partial charge in [0, 0.05) is 13.0 Å². The number of nitrogens with zero attached hydrogens (tertiary/aromatic N) is 1. The fourth-order valence-corrected chi connectivity index (χ4v) is 6.46. The van der Waals surface area contributed by atoms with E-state index in [1.54, 1.807) is 0 Å². The standard InChI is InChI=1S/C44H84NO7P/c1-6-8-10-12-14-16-18-19-20-21-22-23-24-25-26-28-30-32-34-36-39-49-41-43(42-51-53(47,48)50-40-38-45(3,4)5)52-44(46)37-35-33-31-29-27-17-15-13-11-9-7-2/h13-16,19-20,43H,6-12,17-18,21-42H2,1-5H3/b15-13-,16-14-,20-19-. The molecule has 0 fully saturated rings. The first-order valence-corrected chi connectivity index (χ1v) is 23.2. The van der Waals surface area contributed by atoms with E-state index in [1.807, 2.05) is 21.1 Å². The lowest BCUT2D eigenvalue weighted by molar-refractivity contribution is -0.870. The van der Waals surface area contributed by atoms with Crippen LogP contribution in [0.5, 0.6) is 0 Å². The summed E-state index contributed by atoms with van der Waals surface area (Å²) >= 11 is 0. The second-order valence-electron chi connectivity index (χ2n) is 15.7. The topological polar surface area (TPSA) is 94.1 Å². The Morgan fingerprint density at radius 2 is 1.06 bits per heavy atom. The fourth-order valence-electron chi connectivity index (χ4n) is 5.73. The van der Waals surface area contributed by atoms with Crippen molar-refractivity contribution in [3.63, 3.8) is 0 Å². The number of hydrogen-bond donors (Lipinski definition) is 0. The normalized spacial score (nSPS) is 14.2. The number of unbranched alkanes of at least 4 members (excludes halogenated alkanes) is 20. The van der Waals surface area contributed by atoms with E-state index in [9.17, 15) is 14.3 Å². The summed E-state index contributed by atoms with van der Waals surface area (Å²) in [7, 11) is 1.35. The summed E-state index contributed by atoms with van der Waals surface area (Å²) in [6.07, 6.45) is 43.0. The van der Waals surface area contributed by atoms with Gasteiger partial charge >= 0.3 is 5.97 Å². The van der Waals surface area contributed by atoms with Crippen molar-refractivity contribution < 1.29 is 37.3 Å². The second kappa shape index (κ2) is 37.6. The second-order valence-corrected chi connectivity index (χ2v) is 17.1. The molecule has 53 heavy (non-hydrogen) atoms. The van der Waals surface area contributed by atoms with E-state index in [4.69, 9.17) is 18.5 Å². The Labute approximate surface area is 327 Å². The van der Waals surface area contributed by atoms with Gasteiger partial charge < -0.3 is 27.9 Å². The maximum absolute atomic E-state index is 12.6. The van der Waals surface area contributed by atoms with E-state index in [-0.39, 0.29) is 25.8 Å². The van der Waals surface area contributed by atoms with Crippen molar-refractivity contribution in [3.8, 4) is 0 Å². The predicted octanol–water partition coefficient (Wildman–Crippen LogP) is 12.0. The number of carbonyl (C=O) groups is 1. The first-order chi connectivity index (χ1) is 25.6. The predicted molar refractivity (Wildman–Crippen MR) is 222 cm³/mol. The van der Waals surface area contributed by atoms with Crippen molar-refractivity contribution in [1.29, 1.82) is 0 Å². The minimum absolute atomic E-state index is 0.0238. The smallest absolute Gasteiger partial charge is 0.306 e. The average Bonchev–Trinajstić information content (AvgIpc) is 3.11. The Kier molecular flexibility index (Phi) is 36.7. The summed E-state index contributed by atoms with van der Waals surface area (Å²) in [6.45, 7) is 5.33. The molecule has 0 heterocycles. The molecule has 0 aromatic carbocycles. The molecule has 8 nitrogen and oxygen atoms in total. The van der Waals surface area contributed by atoms with E-state index < -0.39 is 13.9 Å². The summed E-state index contributed by atoms with van der Waals surface area (Å²) in [6, 6.07) is 0. The molecule has 0 saturated heterocycles. The summed E-state index contributed by atoms with van der Waals surface area (Å²) in [5.41, 5.74) is 0. The lowest BCUT2D eigenvalue weighted by Gasteiger charge is -2.28. The zero-order valence-electron chi connectivity index (χ0n) is 35.2. The highest BCUT2D eigenvalue weighted by Crippen LogP contribution is 2.38. The number of hydrogen-bond acceptors (Lipinski definition) is 7. The fraction of sp³-hybridized carbons (Fsp3) is 0.841. The molecular formula is C44H84NO7P. The van der Waals surface area contributed by atoms with Crippen molar-refractivity contribution >= 4 is 13.8 Å². The Balaban J connectivity index is 4.17. The number of phosphoric ester groups is 1. The number of ether oxygens (including phenoxy) is 2. The van der Waals surface area contributed by atoms with E-state index in [1.165, 1.54) is 109 Å². The molecule has 0 aliphatic heterocycles. The third kappa shape index (κ3) is 41.7. The summed E-state index contributed by atoms with van der Waals surface area (Å²) < 4.78 is 34.5. The first kappa shape index (κ1) is 51.7. The van der Waals surface area contributed by atoms with Gasteiger partial charge in [-0.1, -0.05) is 147 Å². The zero-order chi connectivity index (χ0) is 39.1. The minimum Gasteiger partial charge on any atom is -0.756 e. The largest absolute Gasteiger partial charge is 0.756 e. The van der Waals surface area contributed by atoms with E-state index >= 15 is 0 Å². The highest BCUT2D eigenvalue weighted by molar-refractivity contribution is 7.45. The van der Waals surface area contributed by atoms with Crippen LogP contribution in [0.1, 0.15) is 181 Å². The van der Waals surface area contributed by atoms with Gasteiger partial charge in [0.1, 0.15) is 19.3 Å². The van der Waals surface area contributed by atoms with Gasteiger partial charge in [0.25, 0.3) is 7.82 Å². The lowest BCUT2D eigenvalue weighted by atomic mass is 10.1. The number of rotatable bonds is 40. The van der Waals surface area contributed by atoms with E-state index in [2.05, 4.69) is 50.3 Å². The Morgan fingerprint density at radius 3 is 1.60 bits per heavy atom. The van der Waals surface area contributed by atoms with Crippen LogP contribution >= 0.6 is 7.82 Å². The van der Waals surface area contributed by atoms with Crippen LogP contribution in [-0.2, 0) is 27.9 Å². The van der Waals surface area contributed by atoms with Crippen LogP contribution in [0, 0.1) is 0 Å². The van der Waals surface area contributed by atoms with Gasteiger partial charge in [-0.25, -0.2) is 0 Å². The first-order valence-electron chi connectivity index (χ1n) is 21.7. The highest BCUT2D eigenvalue weighted by atomic mass is 31.2. The maximum atomic E-state index is 12.6. The van der Waals surface area contributed by atoms with Crippen LogP contribution in [0.15, 0.2) is 36.5 Å². The van der Waals surface area contributed by atoms with Crippen LogP contribution < -0.4 is 4.89 Å². The molecule has 0 bridgehead atoms. The molecule has 312 valence electrons. The number of phosphoric acid groups is 1. The number of carbonyl (C=O) groups excluding carboxylic acids is 1. The third-order valence-electron chi connectivity index (χ3n) is 9.16. The molecule has 0 N–H and O–H groups in total. The number of allylic oxidation sites excluding steroid dienone is 6. The van der Waals surface area contributed by atoms with Gasteiger partial charge in [-0.05, 0) is 64.2 Å². The molecule has 0 radical (unpaired) electrons. The molecule has 0 rings (SSSR count). The summed E-state index contributed by atoms with van der Waals surface area (Å²) in [4.78, 5) is 25.0. The Morgan fingerprint density at radius 1 is 0.585 bits per heavy atom. The molecule has 0 aromatic rings. The van der Waals surface area contributed by atoms with Crippen molar-refractivity contribution in [2.45, 2.75) is 187 Å². The molecular weight excluding hydrogens is 685 g/mol. The SMILES string of the molecule is CCCC/C=C\CCCCCCCC(=O)OC(COCCCCCCCCCCCC/C=C\C/C=C\CCCCC)COP(=O)([O-])OCC[N+](C)(C)C. The van der Waals surface area contributed by atoms with Crippen molar-refractivity contribution in [3.05, 3.63) is 36.5 Å². The van der Waals surface area contributed by atoms with Crippen molar-refractivity contribution in [1.82, 2.24) is 0 Å². The Hall–Kier alpha value is -1.28. The van der Waals surface area contributed by atoms with Gasteiger partial charge in [-0.2, -0.15) is 0 Å². The summed E-state index contributed by atoms with van der Waals surface area (Å²) in [5, 5.41) is 0. The molecule has 2 atom stereocenters. The van der Waals surface area contributed by atoms with Crippen LogP contribution in [0.3, 0.4) is 0 Å². The third-order valence-corrected chi connectivity index (χ3v) is 10.1. The summed E-state index contributed by atoms with van der Waals surface area (Å²) in [5.74, 6) is -0.346. The average molecular weight is 770 g/mol.